The first-order chi connectivity index (χ1) is 16.4. The van der Waals surface area contributed by atoms with Crippen molar-refractivity contribution in [1.29, 1.82) is 0 Å². The minimum atomic E-state index is -0.338. The van der Waals surface area contributed by atoms with Crippen molar-refractivity contribution in [3.8, 4) is 11.4 Å². The molecule has 1 fully saturated rings. The van der Waals surface area contributed by atoms with E-state index in [0.717, 1.165) is 23.0 Å². The number of aromatic nitrogens is 6. The number of fused-ring (bicyclic) bond motifs is 1. The van der Waals surface area contributed by atoms with E-state index in [2.05, 4.69) is 42.5 Å². The van der Waals surface area contributed by atoms with Crippen LogP contribution in [0.3, 0.4) is 0 Å². The molecule has 10 nitrogen and oxygen atoms in total. The van der Waals surface area contributed by atoms with Gasteiger partial charge in [-0.15, -0.1) is 0 Å². The summed E-state index contributed by atoms with van der Waals surface area (Å²) in [5.41, 5.74) is 1.13. The highest BCUT2D eigenvalue weighted by atomic mass is 127. The summed E-state index contributed by atoms with van der Waals surface area (Å²) in [6.07, 6.45) is 5.54. The Bertz CT molecular complexity index is 1500. The summed E-state index contributed by atoms with van der Waals surface area (Å²) in [5.74, 6) is 0.680. The van der Waals surface area contributed by atoms with Crippen LogP contribution in [0.25, 0.3) is 22.6 Å². The zero-order valence-electron chi connectivity index (χ0n) is 18.7. The van der Waals surface area contributed by atoms with Crippen molar-refractivity contribution in [2.45, 2.75) is 38.8 Å². The van der Waals surface area contributed by atoms with Crippen molar-refractivity contribution in [3.05, 3.63) is 66.8 Å². The van der Waals surface area contributed by atoms with Crippen molar-refractivity contribution in [1.82, 2.24) is 29.1 Å². The molecule has 0 unspecified atom stereocenters. The van der Waals surface area contributed by atoms with Gasteiger partial charge in [0, 0.05) is 37.6 Å². The van der Waals surface area contributed by atoms with Gasteiger partial charge in [-0.2, -0.15) is 0 Å². The van der Waals surface area contributed by atoms with Gasteiger partial charge in [-0.3, -0.25) is 23.6 Å². The van der Waals surface area contributed by atoms with Gasteiger partial charge < -0.3 is 4.98 Å². The van der Waals surface area contributed by atoms with E-state index in [1.807, 2.05) is 6.92 Å². The molecule has 11 heteroatoms. The number of imidazole rings is 1. The molecule has 1 amide bonds. The van der Waals surface area contributed by atoms with Crippen LogP contribution < -0.4 is 16.1 Å². The lowest BCUT2D eigenvalue weighted by Crippen LogP contribution is -2.39. The van der Waals surface area contributed by atoms with Crippen LogP contribution in [0.4, 0.5) is 5.82 Å². The number of nitrogens with zero attached hydrogens (tertiary/aromatic N) is 6. The second-order valence-electron chi connectivity index (χ2n) is 8.26. The Kier molecular flexibility index (Phi) is 5.80. The number of nitrogens with one attached hydrogen (secondary N) is 1. The zero-order chi connectivity index (χ0) is 24.0. The number of carbonyl (C=O) groups excluding carboxylic acids is 1. The quantitative estimate of drug-likeness (QED) is 0.281. The molecule has 0 aliphatic heterocycles. The minimum absolute atomic E-state index is 0.0310. The Labute approximate surface area is 207 Å². The standard InChI is InChI=1S/C23H22IN7O3/c1-3-10-30-20-18(22(33)31(23(30)34)15-6-7-15)27-19(28-20)13-5-9-17(26-11-13)29(2)21(32)14-4-8-16(24)25-12-14/h4-5,8-9,11-12,15H,3,6-7,10H2,1-2H3,(H,27,28). The van der Waals surface area contributed by atoms with Crippen molar-refractivity contribution in [2.24, 2.45) is 0 Å². The third-order valence-corrected chi connectivity index (χ3v) is 6.45. The van der Waals surface area contributed by atoms with Crippen molar-refractivity contribution in [2.75, 3.05) is 11.9 Å². The van der Waals surface area contributed by atoms with Gasteiger partial charge in [0.2, 0.25) is 0 Å². The van der Waals surface area contributed by atoms with E-state index >= 15 is 0 Å². The van der Waals surface area contributed by atoms with Crippen molar-refractivity contribution < 1.29 is 4.79 Å². The van der Waals surface area contributed by atoms with Crippen molar-refractivity contribution in [3.63, 3.8) is 0 Å². The number of carbonyl (C=O) groups is 1. The molecule has 1 aliphatic rings. The lowest BCUT2D eigenvalue weighted by atomic mass is 10.2. The molecule has 4 aromatic rings. The first-order valence-electron chi connectivity index (χ1n) is 11.0. The Hall–Kier alpha value is -3.35. The monoisotopic (exact) mass is 571 g/mol. The smallest absolute Gasteiger partial charge is 0.332 e. The van der Waals surface area contributed by atoms with Crippen LogP contribution in [-0.2, 0) is 6.54 Å². The van der Waals surface area contributed by atoms with Gasteiger partial charge in [-0.05, 0) is 66.1 Å². The number of amides is 1. The van der Waals surface area contributed by atoms with Crippen LogP contribution in [0.15, 0.2) is 46.2 Å². The Morgan fingerprint density at radius 1 is 1.18 bits per heavy atom. The fraction of sp³-hybridized carbons (Fsp3) is 0.304. The SMILES string of the molecule is CCCn1c(=O)n(C2CC2)c(=O)c2[nH]c(-c3ccc(N(C)C(=O)c4ccc(I)nc4)nc3)nc21. The third kappa shape index (κ3) is 3.93. The number of anilines is 1. The number of H-pyrrole nitrogens is 1. The van der Waals surface area contributed by atoms with Gasteiger partial charge in [0.1, 0.15) is 20.9 Å². The Morgan fingerprint density at radius 2 is 1.97 bits per heavy atom. The number of hydrogen-bond acceptors (Lipinski definition) is 6. The molecule has 4 heterocycles. The highest BCUT2D eigenvalue weighted by Gasteiger charge is 2.30. The average molecular weight is 571 g/mol. The molecule has 0 aromatic carbocycles. The molecule has 34 heavy (non-hydrogen) atoms. The second kappa shape index (κ2) is 8.78. The Morgan fingerprint density at radius 3 is 2.59 bits per heavy atom. The van der Waals surface area contributed by atoms with Crippen LogP contribution in [0.1, 0.15) is 42.6 Å². The largest absolute Gasteiger partial charge is 0.333 e. The van der Waals surface area contributed by atoms with Gasteiger partial charge in [0.05, 0.1) is 5.56 Å². The molecule has 5 rings (SSSR count). The fourth-order valence-electron chi connectivity index (χ4n) is 3.88. The molecule has 0 atom stereocenters. The van der Waals surface area contributed by atoms with Gasteiger partial charge in [-0.25, -0.2) is 19.7 Å². The van der Waals surface area contributed by atoms with Crippen LogP contribution in [0.5, 0.6) is 0 Å². The molecule has 0 bridgehead atoms. The second-order valence-corrected chi connectivity index (χ2v) is 9.37. The average Bonchev–Trinajstić information content (AvgIpc) is 3.58. The lowest BCUT2D eigenvalue weighted by molar-refractivity contribution is 0.0992. The van der Waals surface area contributed by atoms with E-state index in [4.69, 9.17) is 0 Å². The first kappa shape index (κ1) is 22.4. The Balaban J connectivity index is 1.49. The summed E-state index contributed by atoms with van der Waals surface area (Å²) in [5, 5.41) is 0. The fourth-order valence-corrected chi connectivity index (χ4v) is 4.20. The summed E-state index contributed by atoms with van der Waals surface area (Å²) >= 11 is 2.08. The number of rotatable bonds is 6. The van der Waals surface area contributed by atoms with Gasteiger partial charge in [0.15, 0.2) is 5.65 Å². The molecule has 174 valence electrons. The first-order valence-corrected chi connectivity index (χ1v) is 12.1. The van der Waals surface area contributed by atoms with Crippen molar-refractivity contribution >= 4 is 45.5 Å². The highest BCUT2D eigenvalue weighted by Crippen LogP contribution is 2.32. The minimum Gasteiger partial charge on any atom is -0.332 e. The van der Waals surface area contributed by atoms with Gasteiger partial charge in [0.25, 0.3) is 11.5 Å². The number of aromatic amines is 1. The topological polar surface area (TPSA) is 119 Å². The van der Waals surface area contributed by atoms with Crippen LogP contribution in [-0.4, -0.2) is 42.0 Å². The maximum Gasteiger partial charge on any atom is 0.333 e. The zero-order valence-corrected chi connectivity index (χ0v) is 20.8. The number of aryl methyl sites for hydroxylation is 1. The highest BCUT2D eigenvalue weighted by molar-refractivity contribution is 14.1. The van der Waals surface area contributed by atoms with Crippen LogP contribution in [0.2, 0.25) is 0 Å². The van der Waals surface area contributed by atoms with E-state index in [1.165, 1.54) is 15.7 Å². The molecule has 0 spiro atoms. The van der Waals surface area contributed by atoms with Crippen LogP contribution >= 0.6 is 22.6 Å². The van der Waals surface area contributed by atoms with E-state index in [-0.39, 0.29) is 23.2 Å². The number of pyridine rings is 2. The molecular formula is C23H22IN7O3. The lowest BCUT2D eigenvalue weighted by Gasteiger charge is -2.16. The summed E-state index contributed by atoms with van der Waals surface area (Å²) in [6.45, 7) is 2.45. The predicted molar refractivity (Wildman–Crippen MR) is 136 cm³/mol. The molecule has 1 saturated carbocycles. The van der Waals surface area contributed by atoms with E-state index < -0.39 is 0 Å². The normalized spacial score (nSPS) is 13.4. The van der Waals surface area contributed by atoms with Crippen LogP contribution in [0, 0.1) is 3.70 Å². The summed E-state index contributed by atoms with van der Waals surface area (Å²) in [4.78, 5) is 56.4. The maximum absolute atomic E-state index is 13.0. The molecular weight excluding hydrogens is 549 g/mol. The molecule has 0 radical (unpaired) electrons. The molecule has 1 N–H and O–H groups in total. The molecule has 1 aliphatic carbocycles. The third-order valence-electron chi connectivity index (χ3n) is 5.81. The molecule has 0 saturated heterocycles. The van der Waals surface area contributed by atoms with E-state index in [1.54, 1.807) is 42.1 Å². The number of hydrogen-bond donors (Lipinski definition) is 1. The summed E-state index contributed by atoms with van der Waals surface area (Å²) < 4.78 is 3.72. The maximum atomic E-state index is 13.0. The van der Waals surface area contributed by atoms with E-state index in [9.17, 15) is 14.4 Å². The predicted octanol–water partition coefficient (Wildman–Crippen LogP) is 2.97. The van der Waals surface area contributed by atoms with E-state index in [0.29, 0.717) is 40.5 Å². The number of halogens is 1. The summed E-state index contributed by atoms with van der Waals surface area (Å²) in [6, 6.07) is 6.95. The summed E-state index contributed by atoms with van der Waals surface area (Å²) in [7, 11) is 1.65. The van der Waals surface area contributed by atoms with Gasteiger partial charge >= 0.3 is 5.69 Å². The molecule has 4 aromatic heterocycles. The van der Waals surface area contributed by atoms with Gasteiger partial charge in [-0.1, -0.05) is 6.92 Å².